The highest BCUT2D eigenvalue weighted by Gasteiger charge is 2.06. The van der Waals surface area contributed by atoms with Crippen molar-refractivity contribution in [3.05, 3.63) is 53.4 Å². The minimum absolute atomic E-state index is 0.117. The van der Waals surface area contributed by atoms with Crippen LogP contribution in [-0.4, -0.2) is 9.78 Å². The van der Waals surface area contributed by atoms with Crippen molar-refractivity contribution >= 4 is 11.6 Å². The first-order valence-electron chi connectivity index (χ1n) is 5.16. The van der Waals surface area contributed by atoms with Crippen molar-refractivity contribution in [2.45, 2.75) is 18.8 Å². The Morgan fingerprint density at radius 2 is 2.12 bits per heavy atom. The summed E-state index contributed by atoms with van der Waals surface area (Å²) in [4.78, 5) is 0. The summed E-state index contributed by atoms with van der Waals surface area (Å²) < 4.78 is 27.4. The zero-order valence-electron chi connectivity index (χ0n) is 9.20. The molecule has 2 aromatic rings. The molecule has 0 bridgehead atoms. The molecule has 2 rings (SSSR count). The highest BCUT2D eigenvalue weighted by molar-refractivity contribution is 6.20. The summed E-state index contributed by atoms with van der Waals surface area (Å²) in [5, 5.41) is 3.98. The molecule has 2 nitrogen and oxygen atoms in total. The summed E-state index contributed by atoms with van der Waals surface area (Å²) in [7, 11) is 0. The standard InChI is InChI=1S/C12H11ClF2N2/c1-8(13)10-5-16-17(7-10)6-9-2-3-11(14)12(15)4-9/h2-5,7-8H,6H2,1H3. The number of rotatable bonds is 3. The molecule has 1 aromatic heterocycles. The van der Waals surface area contributed by atoms with E-state index in [1.165, 1.54) is 12.1 Å². The van der Waals surface area contributed by atoms with Gasteiger partial charge in [0.15, 0.2) is 11.6 Å². The number of hydrogen-bond donors (Lipinski definition) is 0. The summed E-state index contributed by atoms with van der Waals surface area (Å²) >= 11 is 5.90. The van der Waals surface area contributed by atoms with E-state index in [4.69, 9.17) is 11.6 Å². The molecular formula is C12H11ClF2N2. The average Bonchev–Trinajstić information content (AvgIpc) is 2.72. The van der Waals surface area contributed by atoms with Gasteiger partial charge in [-0.05, 0) is 24.6 Å². The maximum Gasteiger partial charge on any atom is 0.159 e. The van der Waals surface area contributed by atoms with E-state index in [2.05, 4.69) is 5.10 Å². The summed E-state index contributed by atoms with van der Waals surface area (Å²) in [6.07, 6.45) is 3.45. The molecule has 1 heterocycles. The molecule has 0 fully saturated rings. The Kier molecular flexibility index (Phi) is 3.43. The molecule has 1 aromatic carbocycles. The third-order valence-electron chi connectivity index (χ3n) is 2.44. The fourth-order valence-electron chi connectivity index (χ4n) is 1.50. The third-order valence-corrected chi connectivity index (χ3v) is 2.69. The molecule has 0 aliphatic carbocycles. The Labute approximate surface area is 103 Å². The van der Waals surface area contributed by atoms with E-state index in [9.17, 15) is 8.78 Å². The van der Waals surface area contributed by atoms with Gasteiger partial charge in [-0.15, -0.1) is 11.6 Å². The maximum absolute atomic E-state index is 13.0. The van der Waals surface area contributed by atoms with Crippen molar-refractivity contribution in [2.75, 3.05) is 0 Å². The first-order chi connectivity index (χ1) is 8.06. The van der Waals surface area contributed by atoms with Crippen molar-refractivity contribution in [1.82, 2.24) is 9.78 Å². The Morgan fingerprint density at radius 1 is 1.35 bits per heavy atom. The van der Waals surface area contributed by atoms with Crippen LogP contribution in [0.1, 0.15) is 23.4 Å². The predicted octanol–water partition coefficient (Wildman–Crippen LogP) is 3.51. The van der Waals surface area contributed by atoms with Crippen molar-refractivity contribution in [3.8, 4) is 0 Å². The van der Waals surface area contributed by atoms with E-state index in [0.29, 0.717) is 12.1 Å². The number of hydrogen-bond acceptors (Lipinski definition) is 1. The molecule has 5 heteroatoms. The van der Waals surface area contributed by atoms with Crippen LogP contribution in [0.2, 0.25) is 0 Å². The van der Waals surface area contributed by atoms with Gasteiger partial charge in [0.05, 0.1) is 18.1 Å². The highest BCUT2D eigenvalue weighted by Crippen LogP contribution is 2.18. The van der Waals surface area contributed by atoms with E-state index in [-0.39, 0.29) is 5.38 Å². The number of benzene rings is 1. The minimum Gasteiger partial charge on any atom is -0.268 e. The van der Waals surface area contributed by atoms with E-state index >= 15 is 0 Å². The summed E-state index contributed by atoms with van der Waals surface area (Å²) in [6.45, 7) is 2.24. The van der Waals surface area contributed by atoms with Crippen LogP contribution in [0.15, 0.2) is 30.6 Å². The van der Waals surface area contributed by atoms with Crippen molar-refractivity contribution < 1.29 is 8.78 Å². The summed E-state index contributed by atoms with van der Waals surface area (Å²) in [5.41, 5.74) is 1.55. The van der Waals surface area contributed by atoms with Crippen LogP contribution in [-0.2, 0) is 6.54 Å². The lowest BCUT2D eigenvalue weighted by Gasteiger charge is -2.02. The molecule has 0 saturated carbocycles. The zero-order valence-corrected chi connectivity index (χ0v) is 9.96. The van der Waals surface area contributed by atoms with Crippen LogP contribution in [0.3, 0.4) is 0 Å². The number of alkyl halides is 1. The molecular weight excluding hydrogens is 246 g/mol. The lowest BCUT2D eigenvalue weighted by atomic mass is 10.2. The molecule has 0 saturated heterocycles. The molecule has 0 spiro atoms. The molecule has 1 unspecified atom stereocenters. The SMILES string of the molecule is CC(Cl)c1cnn(Cc2ccc(F)c(F)c2)c1. The molecule has 0 aliphatic rings. The van der Waals surface area contributed by atoms with Crippen LogP contribution in [0.25, 0.3) is 0 Å². The number of halogens is 3. The van der Waals surface area contributed by atoms with Gasteiger partial charge in [-0.3, -0.25) is 4.68 Å². The van der Waals surface area contributed by atoms with Gasteiger partial charge in [-0.25, -0.2) is 8.78 Å². The predicted molar refractivity (Wildman–Crippen MR) is 62.0 cm³/mol. The van der Waals surface area contributed by atoms with Gasteiger partial charge >= 0.3 is 0 Å². The first kappa shape index (κ1) is 12.0. The van der Waals surface area contributed by atoms with Gasteiger partial charge in [0.1, 0.15) is 0 Å². The Morgan fingerprint density at radius 3 is 2.71 bits per heavy atom. The molecule has 0 radical (unpaired) electrons. The van der Waals surface area contributed by atoms with E-state index in [0.717, 1.165) is 11.6 Å². The third kappa shape index (κ3) is 2.82. The molecule has 0 N–H and O–H groups in total. The van der Waals surface area contributed by atoms with Crippen molar-refractivity contribution in [3.63, 3.8) is 0 Å². The maximum atomic E-state index is 13.0. The largest absolute Gasteiger partial charge is 0.268 e. The number of nitrogens with zero attached hydrogens (tertiary/aromatic N) is 2. The fraction of sp³-hybridized carbons (Fsp3) is 0.250. The van der Waals surface area contributed by atoms with Gasteiger partial charge in [0.2, 0.25) is 0 Å². The quantitative estimate of drug-likeness (QED) is 0.769. The Bertz CT molecular complexity index is 523. The lowest BCUT2D eigenvalue weighted by molar-refractivity contribution is 0.506. The van der Waals surface area contributed by atoms with Crippen molar-refractivity contribution in [1.29, 1.82) is 0 Å². The molecule has 0 aliphatic heterocycles. The monoisotopic (exact) mass is 256 g/mol. The first-order valence-corrected chi connectivity index (χ1v) is 5.60. The zero-order chi connectivity index (χ0) is 12.4. The fourth-order valence-corrected chi connectivity index (χ4v) is 1.61. The summed E-state index contributed by atoms with van der Waals surface area (Å²) in [5.74, 6) is -1.69. The topological polar surface area (TPSA) is 17.8 Å². The van der Waals surface area contributed by atoms with E-state index < -0.39 is 11.6 Å². The van der Waals surface area contributed by atoms with Gasteiger partial charge in [-0.1, -0.05) is 6.07 Å². The van der Waals surface area contributed by atoms with Gasteiger partial charge < -0.3 is 0 Å². The van der Waals surface area contributed by atoms with Crippen LogP contribution >= 0.6 is 11.6 Å². The molecule has 1 atom stereocenters. The Hall–Kier alpha value is -1.42. The second-order valence-corrected chi connectivity index (χ2v) is 4.49. The smallest absolute Gasteiger partial charge is 0.159 e. The average molecular weight is 257 g/mol. The van der Waals surface area contributed by atoms with Crippen LogP contribution in [0.5, 0.6) is 0 Å². The minimum atomic E-state index is -0.847. The Balaban J connectivity index is 2.16. The lowest BCUT2D eigenvalue weighted by Crippen LogP contribution is -2.01. The van der Waals surface area contributed by atoms with Crippen LogP contribution in [0.4, 0.5) is 8.78 Å². The molecule has 0 amide bonds. The van der Waals surface area contributed by atoms with Gasteiger partial charge in [0.25, 0.3) is 0 Å². The van der Waals surface area contributed by atoms with Crippen LogP contribution < -0.4 is 0 Å². The van der Waals surface area contributed by atoms with Crippen molar-refractivity contribution in [2.24, 2.45) is 0 Å². The van der Waals surface area contributed by atoms with E-state index in [1.807, 2.05) is 6.92 Å². The summed E-state index contributed by atoms with van der Waals surface area (Å²) in [6, 6.07) is 3.81. The molecule has 90 valence electrons. The van der Waals surface area contributed by atoms with Gasteiger partial charge in [-0.2, -0.15) is 5.10 Å². The van der Waals surface area contributed by atoms with E-state index in [1.54, 1.807) is 17.1 Å². The van der Waals surface area contributed by atoms with Gasteiger partial charge in [0, 0.05) is 11.8 Å². The molecule has 17 heavy (non-hydrogen) atoms. The number of aromatic nitrogens is 2. The second-order valence-electron chi connectivity index (χ2n) is 3.84. The van der Waals surface area contributed by atoms with Crippen LogP contribution in [0, 0.1) is 11.6 Å². The normalized spacial score (nSPS) is 12.7. The second kappa shape index (κ2) is 4.84. The highest BCUT2D eigenvalue weighted by atomic mass is 35.5.